The summed E-state index contributed by atoms with van der Waals surface area (Å²) >= 11 is 0. The number of pyridine rings is 1. The van der Waals surface area contributed by atoms with Crippen LogP contribution >= 0.6 is 0 Å². The molecular weight excluding hydrogens is 340 g/mol. The van der Waals surface area contributed by atoms with Crippen LogP contribution in [0.4, 0.5) is 0 Å². The number of likely N-dealkylation sites (N-methyl/N-ethyl adjacent to an activating group) is 1. The van der Waals surface area contributed by atoms with Crippen molar-refractivity contribution in [1.82, 2.24) is 9.47 Å². The fraction of sp³-hybridized carbons (Fsp3) is 0.273. The fourth-order valence-corrected chi connectivity index (χ4v) is 3.71. The number of hydrogen-bond donors (Lipinski definition) is 0. The van der Waals surface area contributed by atoms with Gasteiger partial charge in [-0.05, 0) is 30.7 Å². The Balaban J connectivity index is 1.59. The Bertz CT molecular complexity index is 1080. The van der Waals surface area contributed by atoms with Crippen molar-refractivity contribution in [2.24, 2.45) is 7.05 Å². The van der Waals surface area contributed by atoms with Crippen molar-refractivity contribution in [3.05, 3.63) is 75.6 Å². The number of hydrogen-bond acceptors (Lipinski definition) is 3. The summed E-state index contributed by atoms with van der Waals surface area (Å²) in [6.45, 7) is 2.37. The number of para-hydroxylation sites is 1. The summed E-state index contributed by atoms with van der Waals surface area (Å²) in [4.78, 5) is 27.4. The standard InChI is InChI=1S/C22H22N2O3/c1-14-8-9-19-17(10-14)21(25)18(13-23(19)2)22(26)24(3)12-16-11-15-6-4-5-7-20(15)27-16/h4-10,13,16H,11-12H2,1-3H3/t16-/m0/s1. The zero-order valence-corrected chi connectivity index (χ0v) is 15.7. The highest BCUT2D eigenvalue weighted by atomic mass is 16.5. The van der Waals surface area contributed by atoms with Crippen LogP contribution < -0.4 is 10.2 Å². The lowest BCUT2D eigenvalue weighted by Crippen LogP contribution is -2.38. The fourth-order valence-electron chi connectivity index (χ4n) is 3.71. The van der Waals surface area contributed by atoms with Crippen molar-refractivity contribution in [2.75, 3.05) is 13.6 Å². The molecule has 4 rings (SSSR count). The summed E-state index contributed by atoms with van der Waals surface area (Å²) in [6.07, 6.45) is 2.30. The summed E-state index contributed by atoms with van der Waals surface area (Å²) in [5.74, 6) is 0.596. The molecule has 3 aromatic rings. The number of fused-ring (bicyclic) bond motifs is 2. The van der Waals surface area contributed by atoms with Crippen LogP contribution in [0.1, 0.15) is 21.5 Å². The van der Waals surface area contributed by atoms with Gasteiger partial charge in [0, 0.05) is 32.1 Å². The number of nitrogens with zero attached hydrogens (tertiary/aromatic N) is 2. The molecule has 1 aromatic heterocycles. The lowest BCUT2D eigenvalue weighted by Gasteiger charge is -2.21. The number of carbonyl (C=O) groups is 1. The molecule has 138 valence electrons. The van der Waals surface area contributed by atoms with Gasteiger partial charge < -0.3 is 14.2 Å². The lowest BCUT2D eigenvalue weighted by molar-refractivity contribution is 0.0728. The van der Waals surface area contributed by atoms with E-state index in [9.17, 15) is 9.59 Å². The van der Waals surface area contributed by atoms with Crippen molar-refractivity contribution >= 4 is 16.8 Å². The van der Waals surface area contributed by atoms with Crippen molar-refractivity contribution in [1.29, 1.82) is 0 Å². The van der Waals surface area contributed by atoms with E-state index in [1.54, 1.807) is 18.1 Å². The van der Waals surface area contributed by atoms with E-state index in [-0.39, 0.29) is 23.0 Å². The number of benzene rings is 2. The largest absolute Gasteiger partial charge is 0.488 e. The minimum absolute atomic E-state index is 0.0945. The smallest absolute Gasteiger partial charge is 0.259 e. The second-order valence-electron chi connectivity index (χ2n) is 7.24. The van der Waals surface area contributed by atoms with Crippen molar-refractivity contribution in [2.45, 2.75) is 19.4 Å². The number of aromatic nitrogens is 1. The van der Waals surface area contributed by atoms with E-state index in [0.29, 0.717) is 11.9 Å². The monoisotopic (exact) mass is 362 g/mol. The van der Waals surface area contributed by atoms with Gasteiger partial charge in [-0.15, -0.1) is 0 Å². The Hall–Kier alpha value is -3.08. The zero-order valence-electron chi connectivity index (χ0n) is 15.7. The average molecular weight is 362 g/mol. The van der Waals surface area contributed by atoms with E-state index in [4.69, 9.17) is 4.74 Å². The summed E-state index contributed by atoms with van der Waals surface area (Å²) in [5.41, 5.74) is 2.93. The Labute approximate surface area is 157 Å². The van der Waals surface area contributed by atoms with Gasteiger partial charge in [-0.1, -0.05) is 29.8 Å². The molecule has 2 heterocycles. The molecule has 0 fully saturated rings. The summed E-state index contributed by atoms with van der Waals surface area (Å²) in [5, 5.41) is 0.571. The molecule has 5 nitrogen and oxygen atoms in total. The number of rotatable bonds is 3. The Morgan fingerprint density at radius 1 is 1.26 bits per heavy atom. The van der Waals surface area contributed by atoms with Crippen LogP contribution in [0.5, 0.6) is 5.75 Å². The van der Waals surface area contributed by atoms with Gasteiger partial charge in [0.1, 0.15) is 17.4 Å². The third-order valence-electron chi connectivity index (χ3n) is 5.11. The minimum atomic E-state index is -0.279. The van der Waals surface area contributed by atoms with Gasteiger partial charge in [0.05, 0.1) is 12.1 Å². The first-order valence-electron chi connectivity index (χ1n) is 9.04. The highest BCUT2D eigenvalue weighted by Crippen LogP contribution is 2.28. The zero-order chi connectivity index (χ0) is 19.1. The highest BCUT2D eigenvalue weighted by Gasteiger charge is 2.26. The topological polar surface area (TPSA) is 51.5 Å². The normalized spacial score (nSPS) is 15.4. The number of aryl methyl sites for hydroxylation is 2. The molecule has 2 aromatic carbocycles. The van der Waals surface area contributed by atoms with Gasteiger partial charge in [-0.3, -0.25) is 9.59 Å². The first kappa shape index (κ1) is 17.3. The highest BCUT2D eigenvalue weighted by molar-refractivity contribution is 5.97. The minimum Gasteiger partial charge on any atom is -0.488 e. The van der Waals surface area contributed by atoms with Gasteiger partial charge in [0.25, 0.3) is 5.91 Å². The maximum Gasteiger partial charge on any atom is 0.259 e. The van der Waals surface area contributed by atoms with Gasteiger partial charge >= 0.3 is 0 Å². The van der Waals surface area contributed by atoms with Crippen LogP contribution in [0.3, 0.4) is 0 Å². The summed E-state index contributed by atoms with van der Waals surface area (Å²) in [7, 11) is 3.57. The Morgan fingerprint density at radius 2 is 2.04 bits per heavy atom. The Morgan fingerprint density at radius 3 is 2.81 bits per heavy atom. The Kier molecular flexibility index (Phi) is 4.22. The molecule has 1 aliphatic rings. The van der Waals surface area contributed by atoms with E-state index >= 15 is 0 Å². The second-order valence-corrected chi connectivity index (χ2v) is 7.24. The van der Waals surface area contributed by atoms with Crippen LogP contribution in [0, 0.1) is 6.92 Å². The summed E-state index contributed by atoms with van der Waals surface area (Å²) in [6, 6.07) is 13.6. The molecule has 1 amide bonds. The summed E-state index contributed by atoms with van der Waals surface area (Å²) < 4.78 is 7.76. The van der Waals surface area contributed by atoms with E-state index in [1.165, 1.54) is 0 Å². The first-order chi connectivity index (χ1) is 12.9. The maximum absolute atomic E-state index is 13.0. The molecule has 0 aliphatic carbocycles. The molecule has 0 N–H and O–H groups in total. The van der Waals surface area contributed by atoms with E-state index in [1.807, 2.05) is 61.0 Å². The number of ether oxygens (including phenoxy) is 1. The van der Waals surface area contributed by atoms with Gasteiger partial charge in [0.2, 0.25) is 5.43 Å². The van der Waals surface area contributed by atoms with Crippen LogP contribution in [0.15, 0.2) is 53.5 Å². The molecule has 1 atom stereocenters. The van der Waals surface area contributed by atoms with E-state index in [0.717, 1.165) is 28.8 Å². The van der Waals surface area contributed by atoms with Crippen LogP contribution in [0.2, 0.25) is 0 Å². The molecule has 0 bridgehead atoms. The number of amides is 1. The molecule has 27 heavy (non-hydrogen) atoms. The van der Waals surface area contributed by atoms with Gasteiger partial charge in [0.15, 0.2) is 0 Å². The molecule has 5 heteroatoms. The quantitative estimate of drug-likeness (QED) is 0.720. The van der Waals surface area contributed by atoms with Crippen LogP contribution in [-0.2, 0) is 13.5 Å². The van der Waals surface area contributed by atoms with Crippen LogP contribution in [-0.4, -0.2) is 35.1 Å². The van der Waals surface area contributed by atoms with Gasteiger partial charge in [-0.2, -0.15) is 0 Å². The molecule has 1 aliphatic heterocycles. The SMILES string of the molecule is Cc1ccc2c(c1)c(=O)c(C(=O)N(C)C[C@@H]1Cc3ccccc3O1)cn2C. The second kappa shape index (κ2) is 6.58. The van der Waals surface area contributed by atoms with Crippen LogP contribution in [0.25, 0.3) is 10.9 Å². The molecule has 0 spiro atoms. The molecular formula is C22H22N2O3. The molecule has 0 radical (unpaired) electrons. The van der Waals surface area contributed by atoms with E-state index < -0.39 is 0 Å². The predicted molar refractivity (Wildman–Crippen MR) is 105 cm³/mol. The predicted octanol–water partition coefficient (Wildman–Crippen LogP) is 2.92. The van der Waals surface area contributed by atoms with Gasteiger partial charge in [-0.25, -0.2) is 0 Å². The first-order valence-corrected chi connectivity index (χ1v) is 9.04. The maximum atomic E-state index is 13.0. The van der Waals surface area contributed by atoms with Crippen molar-refractivity contribution in [3.63, 3.8) is 0 Å². The van der Waals surface area contributed by atoms with Crippen molar-refractivity contribution in [3.8, 4) is 5.75 Å². The lowest BCUT2D eigenvalue weighted by atomic mass is 10.1. The average Bonchev–Trinajstić information content (AvgIpc) is 3.06. The third-order valence-corrected chi connectivity index (χ3v) is 5.11. The molecule has 0 unspecified atom stereocenters. The molecule has 0 saturated carbocycles. The van der Waals surface area contributed by atoms with Crippen molar-refractivity contribution < 1.29 is 9.53 Å². The molecule has 0 saturated heterocycles. The van der Waals surface area contributed by atoms with E-state index in [2.05, 4.69) is 0 Å². The third kappa shape index (κ3) is 3.10. The number of carbonyl (C=O) groups excluding carboxylic acids is 1.